The molecule has 0 radical (unpaired) electrons. The van der Waals surface area contributed by atoms with Gasteiger partial charge in [0.1, 0.15) is 17.6 Å². The van der Waals surface area contributed by atoms with Crippen molar-refractivity contribution in [3.05, 3.63) is 35.9 Å². The zero-order valence-corrected chi connectivity index (χ0v) is 22.7. The van der Waals surface area contributed by atoms with E-state index < -0.39 is 0 Å². The van der Waals surface area contributed by atoms with Crippen molar-refractivity contribution in [3.63, 3.8) is 0 Å². The molecule has 10 heteroatoms. The van der Waals surface area contributed by atoms with Gasteiger partial charge in [0.2, 0.25) is 5.78 Å². The molecular formula is C27H38ClN5O4. The topological polar surface area (TPSA) is 105 Å². The predicted octanol–water partition coefficient (Wildman–Crippen LogP) is 1.41. The first kappa shape index (κ1) is 28.5. The molecule has 1 aliphatic carbocycles. The van der Waals surface area contributed by atoms with Crippen molar-refractivity contribution in [2.75, 3.05) is 18.9 Å². The first-order valence-electron chi connectivity index (χ1n) is 13.2. The van der Waals surface area contributed by atoms with Crippen LogP contribution in [0.25, 0.3) is 5.65 Å². The van der Waals surface area contributed by atoms with Crippen LogP contribution in [0.1, 0.15) is 76.1 Å². The van der Waals surface area contributed by atoms with Gasteiger partial charge in [-0.2, -0.15) is 0 Å². The average Bonchev–Trinajstić information content (AvgIpc) is 3.20. The summed E-state index contributed by atoms with van der Waals surface area (Å²) in [5.74, 6) is 2.37. The molecule has 1 aliphatic rings. The van der Waals surface area contributed by atoms with Crippen molar-refractivity contribution in [1.29, 1.82) is 0 Å². The maximum atomic E-state index is 13.3. The molecule has 1 saturated carbocycles. The molecule has 2 heterocycles. The number of hydrogen-bond acceptors (Lipinski definition) is 7. The van der Waals surface area contributed by atoms with Crippen LogP contribution in [0, 0.1) is 5.92 Å². The Bertz CT molecular complexity index is 1180. The van der Waals surface area contributed by atoms with Gasteiger partial charge >= 0.3 is 11.6 Å². The van der Waals surface area contributed by atoms with Crippen LogP contribution >= 0.6 is 0 Å². The van der Waals surface area contributed by atoms with Crippen LogP contribution in [0.3, 0.4) is 0 Å². The molecule has 2 aromatic heterocycles. The molecule has 0 saturated heterocycles. The zero-order chi connectivity index (χ0) is 25.5. The standard InChI is InChI=1S/C27H38N5O4.ClH/c1-4-21(5-2)36-25-12-13-26-31(30-27(28)32(26)29-25)17-24(33)20-14-22(34-6-3)16-23(15-20)35-18-19-10-8-7-9-11-19;/h12-16,19,21H,4-11,17-18H2,1-3H3,(H2,28,30);1H/q+1;/p-1. The minimum atomic E-state index is -0.124. The Kier molecular flexibility index (Phi) is 10.4. The Morgan fingerprint density at radius 1 is 1.08 bits per heavy atom. The van der Waals surface area contributed by atoms with E-state index in [0.717, 1.165) is 12.8 Å². The number of carbonyl (C=O) groups is 1. The largest absolute Gasteiger partial charge is 1.00 e. The Hall–Kier alpha value is -3.07. The van der Waals surface area contributed by atoms with Crippen molar-refractivity contribution >= 4 is 17.4 Å². The van der Waals surface area contributed by atoms with Gasteiger partial charge in [-0.15, -0.1) is 4.68 Å². The van der Waals surface area contributed by atoms with Gasteiger partial charge in [0.05, 0.1) is 13.2 Å². The highest BCUT2D eigenvalue weighted by Crippen LogP contribution is 2.27. The summed E-state index contributed by atoms with van der Waals surface area (Å²) in [6.45, 7) is 7.24. The summed E-state index contributed by atoms with van der Waals surface area (Å²) < 4.78 is 20.8. The van der Waals surface area contributed by atoms with E-state index in [-0.39, 0.29) is 36.8 Å². The lowest BCUT2D eigenvalue weighted by atomic mass is 9.90. The van der Waals surface area contributed by atoms with Gasteiger partial charge in [0.15, 0.2) is 6.54 Å². The summed E-state index contributed by atoms with van der Waals surface area (Å²) in [7, 11) is 0. The molecule has 0 amide bonds. The molecule has 1 aromatic carbocycles. The Morgan fingerprint density at radius 2 is 1.78 bits per heavy atom. The van der Waals surface area contributed by atoms with Gasteiger partial charge in [0, 0.05) is 23.8 Å². The number of benzene rings is 1. The molecule has 3 aromatic rings. The van der Waals surface area contributed by atoms with Crippen LogP contribution in [0.2, 0.25) is 0 Å². The number of hydrogen-bond donors (Lipinski definition) is 1. The second-order valence-electron chi connectivity index (χ2n) is 9.38. The highest BCUT2D eigenvalue weighted by atomic mass is 35.5. The molecule has 0 spiro atoms. The molecule has 4 rings (SSSR count). The van der Waals surface area contributed by atoms with E-state index in [4.69, 9.17) is 19.9 Å². The molecular weight excluding hydrogens is 494 g/mol. The van der Waals surface area contributed by atoms with Gasteiger partial charge in [-0.25, -0.2) is 0 Å². The number of Topliss-reactive ketones (excluding diaryl/α,β-unsaturated/α-hetero) is 1. The number of aromatic nitrogens is 4. The zero-order valence-electron chi connectivity index (χ0n) is 22.0. The highest BCUT2D eigenvalue weighted by Gasteiger charge is 2.24. The summed E-state index contributed by atoms with van der Waals surface area (Å²) in [5.41, 5.74) is 7.23. The van der Waals surface area contributed by atoms with Crippen LogP contribution < -0.4 is 37.0 Å². The fourth-order valence-electron chi connectivity index (χ4n) is 4.65. The number of nitrogens with two attached hydrogens (primary N) is 1. The van der Waals surface area contributed by atoms with E-state index in [1.807, 2.05) is 19.1 Å². The molecule has 9 nitrogen and oxygen atoms in total. The Morgan fingerprint density at radius 3 is 2.46 bits per heavy atom. The number of ketones is 1. The van der Waals surface area contributed by atoms with Crippen molar-refractivity contribution in [3.8, 4) is 17.4 Å². The van der Waals surface area contributed by atoms with E-state index >= 15 is 0 Å². The highest BCUT2D eigenvalue weighted by molar-refractivity contribution is 5.96. The van der Waals surface area contributed by atoms with Gasteiger partial charge in [-0.3, -0.25) is 4.79 Å². The number of nitrogens with zero attached hydrogens (tertiary/aromatic N) is 4. The fourth-order valence-corrected chi connectivity index (χ4v) is 4.65. The first-order chi connectivity index (χ1) is 17.5. The number of halogens is 1. The SMILES string of the molecule is CCOc1cc(OCC2CCCCC2)cc(C(=O)C[n+]2nc(N)n3nc(OC(CC)CC)ccc32)c1.[Cl-]. The predicted molar refractivity (Wildman–Crippen MR) is 137 cm³/mol. The Labute approximate surface area is 224 Å². The van der Waals surface area contributed by atoms with E-state index in [0.29, 0.717) is 47.7 Å². The lowest BCUT2D eigenvalue weighted by Crippen LogP contribution is -3.00. The smallest absolute Gasteiger partial charge is 0.355 e. The molecule has 0 atom stereocenters. The van der Waals surface area contributed by atoms with Crippen LogP contribution in [-0.2, 0) is 6.54 Å². The van der Waals surface area contributed by atoms with Gasteiger partial charge in [-0.1, -0.05) is 37.6 Å². The van der Waals surface area contributed by atoms with E-state index in [1.165, 1.54) is 36.6 Å². The average molecular weight is 532 g/mol. The summed E-state index contributed by atoms with van der Waals surface area (Å²) >= 11 is 0. The van der Waals surface area contributed by atoms with E-state index in [9.17, 15) is 4.79 Å². The van der Waals surface area contributed by atoms with Crippen molar-refractivity contribution < 1.29 is 36.1 Å². The molecule has 2 N–H and O–H groups in total. The second-order valence-corrected chi connectivity index (χ2v) is 9.38. The summed E-state index contributed by atoms with van der Waals surface area (Å²) in [6, 6.07) is 8.99. The second kappa shape index (κ2) is 13.5. The summed E-state index contributed by atoms with van der Waals surface area (Å²) in [4.78, 5) is 13.3. The normalized spacial score (nSPS) is 13.9. The van der Waals surface area contributed by atoms with Crippen LogP contribution in [0.4, 0.5) is 5.95 Å². The van der Waals surface area contributed by atoms with Crippen LogP contribution in [0.5, 0.6) is 17.4 Å². The lowest BCUT2D eigenvalue weighted by Gasteiger charge is -2.22. The van der Waals surface area contributed by atoms with Gasteiger partial charge < -0.3 is 32.4 Å². The number of fused-ring (bicyclic) bond motifs is 1. The van der Waals surface area contributed by atoms with Crippen molar-refractivity contribution in [2.45, 2.75) is 78.4 Å². The number of nitrogen functional groups attached to an aromatic ring is 1. The summed E-state index contributed by atoms with van der Waals surface area (Å²) in [6.07, 6.45) is 8.07. The molecule has 1 fully saturated rings. The van der Waals surface area contributed by atoms with Gasteiger partial charge in [-0.05, 0) is 60.9 Å². The fraction of sp³-hybridized carbons (Fsp3) is 0.556. The molecule has 0 unspecified atom stereocenters. The number of anilines is 1. The third kappa shape index (κ3) is 7.25. The molecule has 0 bridgehead atoms. The summed E-state index contributed by atoms with van der Waals surface area (Å²) in [5, 5.41) is 8.82. The van der Waals surface area contributed by atoms with Gasteiger partial charge in [0.25, 0.3) is 5.88 Å². The van der Waals surface area contributed by atoms with E-state index in [2.05, 4.69) is 24.0 Å². The third-order valence-electron chi connectivity index (χ3n) is 6.71. The molecule has 37 heavy (non-hydrogen) atoms. The first-order valence-corrected chi connectivity index (χ1v) is 13.2. The third-order valence-corrected chi connectivity index (χ3v) is 6.71. The minimum absolute atomic E-state index is 0. The monoisotopic (exact) mass is 531 g/mol. The molecule has 202 valence electrons. The van der Waals surface area contributed by atoms with E-state index in [1.54, 1.807) is 22.9 Å². The maximum absolute atomic E-state index is 13.3. The Balaban J connectivity index is 0.00000380. The minimum Gasteiger partial charge on any atom is -1.00 e. The van der Waals surface area contributed by atoms with Crippen LogP contribution in [0.15, 0.2) is 30.3 Å². The number of carbonyl (C=O) groups excluding carboxylic acids is 1. The molecule has 0 aliphatic heterocycles. The number of ether oxygens (including phenoxy) is 3. The van der Waals surface area contributed by atoms with Crippen molar-refractivity contribution in [1.82, 2.24) is 14.7 Å². The number of rotatable bonds is 12. The quantitative estimate of drug-likeness (QED) is 0.278. The lowest BCUT2D eigenvalue weighted by molar-refractivity contribution is -0.714. The maximum Gasteiger partial charge on any atom is 0.355 e. The van der Waals surface area contributed by atoms with Crippen molar-refractivity contribution in [2.24, 2.45) is 5.92 Å². The van der Waals surface area contributed by atoms with Crippen LogP contribution in [-0.4, -0.2) is 39.8 Å².